The van der Waals surface area contributed by atoms with Gasteiger partial charge in [-0.3, -0.25) is 14.6 Å². The Kier molecular flexibility index (Phi) is 4.68. The van der Waals surface area contributed by atoms with E-state index in [0.29, 0.717) is 5.13 Å². The van der Waals surface area contributed by atoms with Crippen molar-refractivity contribution in [1.82, 2.24) is 9.97 Å². The van der Waals surface area contributed by atoms with Gasteiger partial charge >= 0.3 is 0 Å². The molecule has 0 spiro atoms. The Hall–Kier alpha value is -2.71. The van der Waals surface area contributed by atoms with Gasteiger partial charge in [0.1, 0.15) is 0 Å². The maximum Gasteiger partial charge on any atom is 0.238 e. The molecule has 1 aromatic carbocycles. The zero-order chi connectivity index (χ0) is 17.9. The van der Waals surface area contributed by atoms with E-state index in [-0.39, 0.29) is 18.2 Å². The molecule has 8 heteroatoms. The van der Waals surface area contributed by atoms with Crippen molar-refractivity contribution < 1.29 is 9.59 Å². The Morgan fingerprint density at radius 3 is 2.96 bits per heavy atom. The molecule has 2 aromatic heterocycles. The minimum atomic E-state index is -0.456. The molecule has 2 N–H and O–H groups in total. The third kappa shape index (κ3) is 3.61. The Balaban J connectivity index is 1.40. The smallest absolute Gasteiger partial charge is 0.238 e. The van der Waals surface area contributed by atoms with Crippen molar-refractivity contribution in [2.75, 3.05) is 10.6 Å². The lowest BCUT2D eigenvalue weighted by Crippen LogP contribution is -2.32. The molecule has 2 amide bonds. The van der Waals surface area contributed by atoms with Gasteiger partial charge in [-0.15, -0.1) is 23.1 Å². The van der Waals surface area contributed by atoms with Crippen LogP contribution in [0.25, 0.3) is 11.3 Å². The van der Waals surface area contributed by atoms with Crippen LogP contribution in [0.4, 0.5) is 10.8 Å². The molecule has 0 bridgehead atoms. The number of para-hydroxylation sites is 1. The van der Waals surface area contributed by atoms with Crippen LogP contribution in [0.1, 0.15) is 6.42 Å². The molecule has 1 unspecified atom stereocenters. The van der Waals surface area contributed by atoms with E-state index in [4.69, 9.17) is 0 Å². The molecule has 0 saturated carbocycles. The summed E-state index contributed by atoms with van der Waals surface area (Å²) in [5.41, 5.74) is 2.44. The van der Waals surface area contributed by atoms with Gasteiger partial charge in [-0.1, -0.05) is 12.1 Å². The van der Waals surface area contributed by atoms with Crippen molar-refractivity contribution in [3.8, 4) is 11.3 Å². The number of carbonyl (C=O) groups is 2. The number of amides is 2. The predicted molar refractivity (Wildman–Crippen MR) is 103 cm³/mol. The number of fused-ring (bicyclic) bond motifs is 1. The summed E-state index contributed by atoms with van der Waals surface area (Å²) in [4.78, 5) is 34.0. The second kappa shape index (κ2) is 7.27. The van der Waals surface area contributed by atoms with E-state index in [1.54, 1.807) is 12.4 Å². The normalized spacial score (nSPS) is 15.8. The molecule has 26 heavy (non-hydrogen) atoms. The van der Waals surface area contributed by atoms with Gasteiger partial charge in [-0.25, -0.2) is 4.98 Å². The highest BCUT2D eigenvalue weighted by Gasteiger charge is 2.29. The van der Waals surface area contributed by atoms with E-state index in [1.165, 1.54) is 23.1 Å². The number of thioether (sulfide) groups is 1. The standard InChI is InChI=1S/C18H14N4O2S2/c23-16(8-15-17(24)20-12-5-1-2-6-14(12)26-15)22-18-21-13(10-25-18)11-4-3-7-19-9-11/h1-7,9-10,15H,8H2,(H,20,24)(H,21,22,23). The SMILES string of the molecule is O=C(CC1Sc2ccccc2NC1=O)Nc1nc(-c2cccnc2)cs1. The number of hydrogen-bond donors (Lipinski definition) is 2. The average molecular weight is 382 g/mol. The number of anilines is 2. The molecule has 0 fully saturated rings. The number of benzene rings is 1. The van der Waals surface area contributed by atoms with Gasteiger partial charge in [0, 0.05) is 34.7 Å². The summed E-state index contributed by atoms with van der Waals surface area (Å²) in [5.74, 6) is -0.386. The van der Waals surface area contributed by atoms with E-state index >= 15 is 0 Å². The molecule has 0 aliphatic carbocycles. The molecule has 0 saturated heterocycles. The summed E-state index contributed by atoms with van der Waals surface area (Å²) in [6.07, 6.45) is 3.51. The first-order valence-electron chi connectivity index (χ1n) is 7.91. The number of nitrogens with one attached hydrogen (secondary N) is 2. The van der Waals surface area contributed by atoms with Gasteiger partial charge in [0.05, 0.1) is 16.6 Å². The van der Waals surface area contributed by atoms with Crippen LogP contribution in [0.3, 0.4) is 0 Å². The van der Waals surface area contributed by atoms with Gasteiger partial charge in [0.25, 0.3) is 0 Å². The first kappa shape index (κ1) is 16.7. The lowest BCUT2D eigenvalue weighted by Gasteiger charge is -2.23. The summed E-state index contributed by atoms with van der Waals surface area (Å²) in [6.45, 7) is 0. The van der Waals surface area contributed by atoms with Crippen LogP contribution in [-0.4, -0.2) is 27.0 Å². The molecular formula is C18H14N4O2S2. The van der Waals surface area contributed by atoms with Crippen LogP contribution in [0.15, 0.2) is 59.1 Å². The molecule has 1 aliphatic heterocycles. The Morgan fingerprint density at radius 2 is 2.12 bits per heavy atom. The summed E-state index contributed by atoms with van der Waals surface area (Å²) in [7, 11) is 0. The van der Waals surface area contributed by atoms with E-state index in [1.807, 2.05) is 41.8 Å². The second-order valence-electron chi connectivity index (χ2n) is 5.62. The molecule has 1 aliphatic rings. The fourth-order valence-corrected chi connectivity index (χ4v) is 4.39. The van der Waals surface area contributed by atoms with E-state index in [9.17, 15) is 9.59 Å². The third-order valence-corrected chi connectivity index (χ3v) is 5.82. The highest BCUT2D eigenvalue weighted by Crippen LogP contribution is 2.36. The quantitative estimate of drug-likeness (QED) is 0.720. The maximum atomic E-state index is 12.3. The third-order valence-electron chi connectivity index (χ3n) is 3.79. The zero-order valence-corrected chi connectivity index (χ0v) is 15.1. The summed E-state index contributed by atoms with van der Waals surface area (Å²) in [6, 6.07) is 11.3. The van der Waals surface area contributed by atoms with Crippen LogP contribution in [0, 0.1) is 0 Å². The number of aromatic nitrogens is 2. The lowest BCUT2D eigenvalue weighted by atomic mass is 10.2. The van der Waals surface area contributed by atoms with Crippen LogP contribution in [0.2, 0.25) is 0 Å². The number of carbonyl (C=O) groups excluding carboxylic acids is 2. The summed E-state index contributed by atoms with van der Waals surface area (Å²) >= 11 is 2.75. The number of nitrogens with zero attached hydrogens (tertiary/aromatic N) is 2. The van der Waals surface area contributed by atoms with E-state index in [0.717, 1.165) is 21.8 Å². The fraction of sp³-hybridized carbons (Fsp3) is 0.111. The molecule has 130 valence electrons. The van der Waals surface area contributed by atoms with Crippen molar-refractivity contribution in [2.24, 2.45) is 0 Å². The van der Waals surface area contributed by atoms with Crippen molar-refractivity contribution in [3.05, 3.63) is 54.2 Å². The molecule has 6 nitrogen and oxygen atoms in total. The van der Waals surface area contributed by atoms with Gasteiger partial charge in [0.15, 0.2) is 5.13 Å². The Bertz CT molecular complexity index is 959. The van der Waals surface area contributed by atoms with Crippen LogP contribution in [0.5, 0.6) is 0 Å². The van der Waals surface area contributed by atoms with Crippen molar-refractivity contribution in [2.45, 2.75) is 16.6 Å². The van der Waals surface area contributed by atoms with Crippen molar-refractivity contribution >= 4 is 45.7 Å². The molecule has 4 rings (SSSR count). The Morgan fingerprint density at radius 1 is 1.23 bits per heavy atom. The number of hydrogen-bond acceptors (Lipinski definition) is 6. The lowest BCUT2D eigenvalue weighted by molar-refractivity contribution is -0.120. The Labute approximate surface area is 158 Å². The highest BCUT2D eigenvalue weighted by molar-refractivity contribution is 8.01. The number of thiazole rings is 1. The van der Waals surface area contributed by atoms with Gasteiger partial charge in [-0.05, 0) is 24.3 Å². The van der Waals surface area contributed by atoms with Gasteiger partial charge < -0.3 is 10.6 Å². The van der Waals surface area contributed by atoms with E-state index in [2.05, 4.69) is 20.6 Å². The number of pyridine rings is 1. The topological polar surface area (TPSA) is 84.0 Å². The molecule has 1 atom stereocenters. The fourth-order valence-electron chi connectivity index (χ4n) is 2.54. The summed E-state index contributed by atoms with van der Waals surface area (Å²) < 4.78 is 0. The first-order valence-corrected chi connectivity index (χ1v) is 9.67. The predicted octanol–water partition coefficient (Wildman–Crippen LogP) is 3.65. The minimum Gasteiger partial charge on any atom is -0.324 e. The average Bonchev–Trinajstić information content (AvgIpc) is 3.11. The monoisotopic (exact) mass is 382 g/mol. The first-order chi connectivity index (χ1) is 12.7. The van der Waals surface area contributed by atoms with E-state index < -0.39 is 5.25 Å². The maximum absolute atomic E-state index is 12.3. The van der Waals surface area contributed by atoms with Crippen LogP contribution < -0.4 is 10.6 Å². The molecular weight excluding hydrogens is 368 g/mol. The second-order valence-corrected chi connectivity index (χ2v) is 7.73. The van der Waals surface area contributed by atoms with Crippen LogP contribution in [-0.2, 0) is 9.59 Å². The summed E-state index contributed by atoms with van der Waals surface area (Å²) in [5, 5.41) is 7.54. The molecule has 3 aromatic rings. The largest absolute Gasteiger partial charge is 0.324 e. The van der Waals surface area contributed by atoms with Gasteiger partial charge in [-0.2, -0.15) is 0 Å². The number of rotatable bonds is 4. The molecule has 0 radical (unpaired) electrons. The van der Waals surface area contributed by atoms with Crippen LogP contribution >= 0.6 is 23.1 Å². The van der Waals surface area contributed by atoms with Crippen molar-refractivity contribution in [1.29, 1.82) is 0 Å². The zero-order valence-electron chi connectivity index (χ0n) is 13.5. The van der Waals surface area contributed by atoms with Crippen molar-refractivity contribution in [3.63, 3.8) is 0 Å². The molecule has 3 heterocycles. The van der Waals surface area contributed by atoms with Gasteiger partial charge in [0.2, 0.25) is 11.8 Å². The highest BCUT2D eigenvalue weighted by atomic mass is 32.2. The minimum absolute atomic E-state index is 0.0899.